The first-order valence-electron chi connectivity index (χ1n) is 3.62. The summed E-state index contributed by atoms with van der Waals surface area (Å²) < 4.78 is 0. The molecule has 0 atom stereocenters. The quantitative estimate of drug-likeness (QED) is 0.557. The standard InChI is InChI=1S/C8H8N2O3/c1-5-8(10-13)7(4-12)6(3-11)2-9-5/h2,4,11H,3H2,1H3. The predicted molar refractivity (Wildman–Crippen MR) is 45.7 cm³/mol. The molecule has 0 aliphatic carbocycles. The van der Waals surface area contributed by atoms with E-state index in [0.717, 1.165) is 0 Å². The number of aryl methyl sites for hydroxylation is 1. The highest BCUT2D eigenvalue weighted by Gasteiger charge is 2.11. The largest absolute Gasteiger partial charge is 0.392 e. The second-order valence-corrected chi connectivity index (χ2v) is 2.50. The van der Waals surface area contributed by atoms with Crippen molar-refractivity contribution in [2.24, 2.45) is 5.18 Å². The average Bonchev–Trinajstić information content (AvgIpc) is 2.17. The van der Waals surface area contributed by atoms with Crippen LogP contribution >= 0.6 is 0 Å². The van der Waals surface area contributed by atoms with Crippen molar-refractivity contribution in [2.75, 3.05) is 0 Å². The number of carbonyl (C=O) groups excluding carboxylic acids is 1. The number of hydrogen-bond donors (Lipinski definition) is 1. The number of aliphatic hydroxyl groups excluding tert-OH is 1. The maximum absolute atomic E-state index is 10.6. The molecule has 0 bridgehead atoms. The molecule has 1 rings (SSSR count). The van der Waals surface area contributed by atoms with Crippen molar-refractivity contribution in [1.29, 1.82) is 0 Å². The number of carbonyl (C=O) groups is 1. The van der Waals surface area contributed by atoms with Gasteiger partial charge in [0.15, 0.2) is 6.29 Å². The Kier molecular flexibility index (Phi) is 2.81. The highest BCUT2D eigenvalue weighted by atomic mass is 16.3. The topological polar surface area (TPSA) is 79.6 Å². The van der Waals surface area contributed by atoms with E-state index in [0.29, 0.717) is 17.5 Å². The van der Waals surface area contributed by atoms with E-state index >= 15 is 0 Å². The summed E-state index contributed by atoms with van der Waals surface area (Å²) in [5.74, 6) is 0. The lowest BCUT2D eigenvalue weighted by Gasteiger charge is -2.03. The lowest BCUT2D eigenvalue weighted by Crippen LogP contribution is -1.97. The molecule has 1 heterocycles. The van der Waals surface area contributed by atoms with Gasteiger partial charge in [0.1, 0.15) is 5.69 Å². The third-order valence-corrected chi connectivity index (χ3v) is 1.74. The normalized spacial score (nSPS) is 9.69. The molecule has 0 aliphatic rings. The number of pyridine rings is 1. The summed E-state index contributed by atoms with van der Waals surface area (Å²) in [6.45, 7) is 1.24. The van der Waals surface area contributed by atoms with Crippen molar-refractivity contribution < 1.29 is 9.90 Å². The molecule has 5 heteroatoms. The van der Waals surface area contributed by atoms with Crippen molar-refractivity contribution in [2.45, 2.75) is 13.5 Å². The van der Waals surface area contributed by atoms with Crippen LogP contribution in [0.2, 0.25) is 0 Å². The van der Waals surface area contributed by atoms with Crippen LogP contribution in [0, 0.1) is 11.8 Å². The van der Waals surface area contributed by atoms with Gasteiger partial charge in [-0.05, 0) is 12.1 Å². The number of aromatic nitrogens is 1. The Balaban J connectivity index is 3.44. The van der Waals surface area contributed by atoms with Crippen LogP contribution in [-0.2, 0) is 6.61 Å². The number of nitroso groups, excluding NO2 is 1. The molecule has 1 N–H and O–H groups in total. The molecular formula is C8H8N2O3. The first-order valence-corrected chi connectivity index (χ1v) is 3.62. The zero-order valence-electron chi connectivity index (χ0n) is 7.02. The van der Waals surface area contributed by atoms with E-state index < -0.39 is 0 Å². The molecule has 13 heavy (non-hydrogen) atoms. The fourth-order valence-corrected chi connectivity index (χ4v) is 1.03. The number of hydrogen-bond acceptors (Lipinski definition) is 5. The minimum Gasteiger partial charge on any atom is -0.392 e. The summed E-state index contributed by atoms with van der Waals surface area (Å²) in [5, 5.41) is 11.5. The molecule has 0 saturated heterocycles. The zero-order chi connectivity index (χ0) is 9.84. The molecule has 0 aliphatic heterocycles. The van der Waals surface area contributed by atoms with Crippen LogP contribution in [-0.4, -0.2) is 16.4 Å². The van der Waals surface area contributed by atoms with Crippen molar-refractivity contribution in [1.82, 2.24) is 4.98 Å². The van der Waals surface area contributed by atoms with Gasteiger partial charge in [-0.25, -0.2) is 0 Å². The first kappa shape index (κ1) is 9.47. The third kappa shape index (κ3) is 1.59. The van der Waals surface area contributed by atoms with E-state index in [1.807, 2.05) is 0 Å². The molecule has 0 spiro atoms. The van der Waals surface area contributed by atoms with Crippen LogP contribution in [0.15, 0.2) is 11.4 Å². The fraction of sp³-hybridized carbons (Fsp3) is 0.250. The maximum Gasteiger partial charge on any atom is 0.152 e. The Morgan fingerprint density at radius 3 is 2.85 bits per heavy atom. The van der Waals surface area contributed by atoms with Gasteiger partial charge in [-0.1, -0.05) is 0 Å². The Labute approximate surface area is 74.4 Å². The van der Waals surface area contributed by atoms with Gasteiger partial charge in [-0.3, -0.25) is 9.78 Å². The van der Waals surface area contributed by atoms with Crippen molar-refractivity contribution in [3.63, 3.8) is 0 Å². The SMILES string of the molecule is Cc1ncc(CO)c(C=O)c1N=O. The summed E-state index contributed by atoms with van der Waals surface area (Å²) in [6, 6.07) is 0. The Hall–Kier alpha value is -1.62. The van der Waals surface area contributed by atoms with Crippen LogP contribution in [0.4, 0.5) is 5.69 Å². The van der Waals surface area contributed by atoms with Crippen LogP contribution in [0.3, 0.4) is 0 Å². The Bertz CT molecular complexity index is 349. The van der Waals surface area contributed by atoms with Crippen molar-refractivity contribution >= 4 is 12.0 Å². The minimum atomic E-state index is -0.329. The summed E-state index contributed by atoms with van der Waals surface area (Å²) in [4.78, 5) is 24.7. The smallest absolute Gasteiger partial charge is 0.152 e. The molecule has 0 saturated carbocycles. The number of nitrogens with zero attached hydrogens (tertiary/aromatic N) is 2. The second-order valence-electron chi connectivity index (χ2n) is 2.50. The first-order chi connectivity index (χ1) is 6.24. The van der Waals surface area contributed by atoms with E-state index in [-0.39, 0.29) is 17.9 Å². The predicted octanol–water partition coefficient (Wildman–Crippen LogP) is 1.09. The summed E-state index contributed by atoms with van der Waals surface area (Å²) in [6.07, 6.45) is 1.85. The molecule has 5 nitrogen and oxygen atoms in total. The highest BCUT2D eigenvalue weighted by Crippen LogP contribution is 2.23. The minimum absolute atomic E-state index is 0.00144. The second kappa shape index (κ2) is 3.86. The van der Waals surface area contributed by atoms with Crippen LogP contribution in [0.1, 0.15) is 21.6 Å². The molecule has 1 aromatic rings. The van der Waals surface area contributed by atoms with Crippen LogP contribution in [0.5, 0.6) is 0 Å². The highest BCUT2D eigenvalue weighted by molar-refractivity contribution is 5.85. The van der Waals surface area contributed by atoms with Gasteiger partial charge < -0.3 is 5.11 Å². The lowest BCUT2D eigenvalue weighted by atomic mass is 10.1. The van der Waals surface area contributed by atoms with E-state index in [9.17, 15) is 9.70 Å². The van der Waals surface area contributed by atoms with E-state index in [4.69, 9.17) is 5.11 Å². The van der Waals surface area contributed by atoms with Gasteiger partial charge in [0, 0.05) is 11.8 Å². The molecule has 0 radical (unpaired) electrons. The van der Waals surface area contributed by atoms with Gasteiger partial charge in [-0.2, -0.15) is 0 Å². The van der Waals surface area contributed by atoms with Crippen molar-refractivity contribution in [3.05, 3.63) is 27.9 Å². The van der Waals surface area contributed by atoms with E-state index in [2.05, 4.69) is 10.2 Å². The van der Waals surface area contributed by atoms with E-state index in [1.54, 1.807) is 6.92 Å². The molecule has 68 valence electrons. The van der Waals surface area contributed by atoms with Crippen LogP contribution in [0.25, 0.3) is 0 Å². The number of rotatable bonds is 3. The van der Waals surface area contributed by atoms with Crippen molar-refractivity contribution in [3.8, 4) is 0 Å². The molecule has 0 fully saturated rings. The molecule has 0 unspecified atom stereocenters. The molecule has 0 amide bonds. The van der Waals surface area contributed by atoms with Gasteiger partial charge >= 0.3 is 0 Å². The summed E-state index contributed by atoms with van der Waals surface area (Å²) >= 11 is 0. The average molecular weight is 180 g/mol. The summed E-state index contributed by atoms with van der Waals surface area (Å²) in [5.41, 5.74) is 0.816. The monoisotopic (exact) mass is 180 g/mol. The molecule has 1 aromatic heterocycles. The van der Waals surface area contributed by atoms with Gasteiger partial charge in [0.25, 0.3) is 0 Å². The van der Waals surface area contributed by atoms with Gasteiger partial charge in [0.2, 0.25) is 0 Å². The summed E-state index contributed by atoms with van der Waals surface area (Å²) in [7, 11) is 0. The van der Waals surface area contributed by atoms with Crippen LogP contribution < -0.4 is 0 Å². The molecular weight excluding hydrogens is 172 g/mol. The number of aliphatic hydroxyl groups is 1. The number of aldehydes is 1. The Morgan fingerprint density at radius 1 is 1.69 bits per heavy atom. The van der Waals surface area contributed by atoms with Gasteiger partial charge in [-0.15, -0.1) is 4.91 Å². The van der Waals surface area contributed by atoms with E-state index in [1.165, 1.54) is 6.20 Å². The Morgan fingerprint density at radius 2 is 2.38 bits per heavy atom. The fourth-order valence-electron chi connectivity index (χ4n) is 1.03. The lowest BCUT2D eigenvalue weighted by molar-refractivity contribution is 0.112. The third-order valence-electron chi connectivity index (χ3n) is 1.74. The maximum atomic E-state index is 10.6. The molecule has 0 aromatic carbocycles. The van der Waals surface area contributed by atoms with Gasteiger partial charge in [0.05, 0.1) is 17.9 Å². The zero-order valence-corrected chi connectivity index (χ0v) is 7.02.